The highest BCUT2D eigenvalue weighted by molar-refractivity contribution is 6.30. The van der Waals surface area contributed by atoms with E-state index in [0.717, 1.165) is 33.7 Å². The van der Waals surface area contributed by atoms with Crippen LogP contribution in [0.5, 0.6) is 11.5 Å². The standard InChI is InChI=1S/C21H23ClN4O2/c1-15-25-20(23-11-12-28-19-9-7-18(27-2)8-10-19)13-21(26-15)24-14-16-3-5-17(22)6-4-16/h3-10,13H,11-12,14H2,1-2H3,(H2,23,24,25,26). The zero-order valence-corrected chi connectivity index (χ0v) is 16.7. The molecule has 2 N–H and O–H groups in total. The van der Waals surface area contributed by atoms with Crippen molar-refractivity contribution < 1.29 is 9.47 Å². The summed E-state index contributed by atoms with van der Waals surface area (Å²) in [4.78, 5) is 8.84. The Labute approximate surface area is 169 Å². The van der Waals surface area contributed by atoms with E-state index in [2.05, 4.69) is 20.6 Å². The quantitative estimate of drug-likeness (QED) is 0.515. The maximum absolute atomic E-state index is 5.92. The second kappa shape index (κ2) is 9.80. The summed E-state index contributed by atoms with van der Waals surface area (Å²) in [6.45, 7) is 3.67. The lowest BCUT2D eigenvalue weighted by molar-refractivity contribution is 0.331. The number of nitrogens with one attached hydrogen (secondary N) is 2. The van der Waals surface area contributed by atoms with Gasteiger partial charge < -0.3 is 20.1 Å². The van der Waals surface area contributed by atoms with Crippen LogP contribution in [0.3, 0.4) is 0 Å². The largest absolute Gasteiger partial charge is 0.497 e. The summed E-state index contributed by atoms with van der Waals surface area (Å²) < 4.78 is 10.8. The van der Waals surface area contributed by atoms with Crippen LogP contribution in [0.4, 0.5) is 11.6 Å². The minimum atomic E-state index is 0.517. The Morgan fingerprint density at radius 3 is 2.21 bits per heavy atom. The highest BCUT2D eigenvalue weighted by Crippen LogP contribution is 2.17. The van der Waals surface area contributed by atoms with Crippen LogP contribution in [0.15, 0.2) is 54.6 Å². The Morgan fingerprint density at radius 1 is 0.893 bits per heavy atom. The van der Waals surface area contributed by atoms with Crippen LogP contribution in [0.2, 0.25) is 5.02 Å². The molecule has 3 aromatic rings. The molecule has 0 aliphatic carbocycles. The second-order valence-corrected chi connectivity index (χ2v) is 6.55. The number of rotatable bonds is 9. The monoisotopic (exact) mass is 398 g/mol. The van der Waals surface area contributed by atoms with Gasteiger partial charge in [-0.05, 0) is 48.9 Å². The summed E-state index contributed by atoms with van der Waals surface area (Å²) in [6.07, 6.45) is 0. The van der Waals surface area contributed by atoms with Crippen LogP contribution in [-0.2, 0) is 6.54 Å². The molecular weight excluding hydrogens is 376 g/mol. The van der Waals surface area contributed by atoms with Gasteiger partial charge in [0.05, 0.1) is 13.7 Å². The number of halogens is 1. The fraction of sp³-hybridized carbons (Fsp3) is 0.238. The van der Waals surface area contributed by atoms with E-state index in [1.165, 1.54) is 0 Å². The number of aromatic nitrogens is 2. The van der Waals surface area contributed by atoms with E-state index < -0.39 is 0 Å². The van der Waals surface area contributed by atoms with E-state index in [0.29, 0.717) is 25.5 Å². The molecule has 0 atom stereocenters. The number of hydrogen-bond acceptors (Lipinski definition) is 6. The smallest absolute Gasteiger partial charge is 0.132 e. The van der Waals surface area contributed by atoms with Crippen molar-refractivity contribution in [2.45, 2.75) is 13.5 Å². The third kappa shape index (κ3) is 6.03. The lowest BCUT2D eigenvalue weighted by atomic mass is 10.2. The van der Waals surface area contributed by atoms with Gasteiger partial charge in [-0.1, -0.05) is 23.7 Å². The number of hydrogen-bond donors (Lipinski definition) is 2. The van der Waals surface area contributed by atoms with Crippen molar-refractivity contribution in [2.24, 2.45) is 0 Å². The highest BCUT2D eigenvalue weighted by atomic mass is 35.5. The van der Waals surface area contributed by atoms with Gasteiger partial charge in [0, 0.05) is 17.6 Å². The molecule has 28 heavy (non-hydrogen) atoms. The lowest BCUT2D eigenvalue weighted by Gasteiger charge is -2.11. The number of methoxy groups -OCH3 is 1. The van der Waals surface area contributed by atoms with Crippen LogP contribution in [0, 0.1) is 6.92 Å². The predicted molar refractivity (Wildman–Crippen MR) is 113 cm³/mol. The fourth-order valence-corrected chi connectivity index (χ4v) is 2.69. The fourth-order valence-electron chi connectivity index (χ4n) is 2.56. The number of aryl methyl sites for hydroxylation is 1. The second-order valence-electron chi connectivity index (χ2n) is 6.12. The molecule has 6 nitrogen and oxygen atoms in total. The molecule has 0 aliphatic rings. The average molecular weight is 399 g/mol. The minimum absolute atomic E-state index is 0.517. The Bertz CT molecular complexity index is 886. The van der Waals surface area contributed by atoms with E-state index >= 15 is 0 Å². The molecule has 0 aliphatic heterocycles. The minimum Gasteiger partial charge on any atom is -0.497 e. The molecule has 7 heteroatoms. The summed E-state index contributed by atoms with van der Waals surface area (Å²) in [5.74, 6) is 3.82. The molecule has 1 aromatic heterocycles. The number of benzene rings is 2. The van der Waals surface area contributed by atoms with Gasteiger partial charge in [0.1, 0.15) is 35.6 Å². The van der Waals surface area contributed by atoms with Gasteiger partial charge in [0.25, 0.3) is 0 Å². The van der Waals surface area contributed by atoms with Crippen LogP contribution in [0.1, 0.15) is 11.4 Å². The van der Waals surface area contributed by atoms with Gasteiger partial charge in [-0.3, -0.25) is 0 Å². The molecule has 0 unspecified atom stereocenters. The van der Waals surface area contributed by atoms with Crippen molar-refractivity contribution in [1.29, 1.82) is 0 Å². The number of ether oxygens (including phenoxy) is 2. The lowest BCUT2D eigenvalue weighted by Crippen LogP contribution is -2.13. The Balaban J connectivity index is 1.48. The van der Waals surface area contributed by atoms with E-state index in [9.17, 15) is 0 Å². The summed E-state index contributed by atoms with van der Waals surface area (Å²) in [7, 11) is 1.64. The number of nitrogens with zero attached hydrogens (tertiary/aromatic N) is 2. The molecule has 0 fully saturated rings. The Morgan fingerprint density at radius 2 is 1.54 bits per heavy atom. The molecule has 0 saturated carbocycles. The summed E-state index contributed by atoms with van der Waals surface area (Å²) in [5, 5.41) is 7.30. The summed E-state index contributed by atoms with van der Waals surface area (Å²) >= 11 is 5.92. The van der Waals surface area contributed by atoms with E-state index in [1.54, 1.807) is 7.11 Å². The molecule has 0 spiro atoms. The first-order valence-corrected chi connectivity index (χ1v) is 9.35. The first-order chi connectivity index (χ1) is 13.6. The van der Waals surface area contributed by atoms with Crippen molar-refractivity contribution in [2.75, 3.05) is 30.9 Å². The Kier molecular flexibility index (Phi) is 6.92. The van der Waals surface area contributed by atoms with Crippen molar-refractivity contribution >= 4 is 23.2 Å². The third-order valence-corrected chi connectivity index (χ3v) is 4.21. The van der Waals surface area contributed by atoms with Gasteiger partial charge in [-0.15, -0.1) is 0 Å². The molecule has 1 heterocycles. The van der Waals surface area contributed by atoms with Crippen molar-refractivity contribution in [1.82, 2.24) is 9.97 Å². The van der Waals surface area contributed by atoms with Crippen LogP contribution >= 0.6 is 11.6 Å². The van der Waals surface area contributed by atoms with Gasteiger partial charge >= 0.3 is 0 Å². The summed E-state index contributed by atoms with van der Waals surface area (Å²) in [6, 6.07) is 17.1. The highest BCUT2D eigenvalue weighted by Gasteiger charge is 2.03. The van der Waals surface area contributed by atoms with Crippen molar-refractivity contribution in [3.8, 4) is 11.5 Å². The molecule has 2 aromatic carbocycles. The van der Waals surface area contributed by atoms with Crippen LogP contribution in [-0.4, -0.2) is 30.2 Å². The molecule has 146 valence electrons. The number of anilines is 2. The molecule has 0 amide bonds. The normalized spacial score (nSPS) is 10.4. The van der Waals surface area contributed by atoms with Gasteiger partial charge in [-0.2, -0.15) is 0 Å². The van der Waals surface area contributed by atoms with E-state index in [-0.39, 0.29) is 0 Å². The van der Waals surface area contributed by atoms with Crippen LogP contribution < -0.4 is 20.1 Å². The van der Waals surface area contributed by atoms with Crippen molar-refractivity contribution in [3.63, 3.8) is 0 Å². The molecule has 0 bridgehead atoms. The van der Waals surface area contributed by atoms with Gasteiger partial charge in [0.2, 0.25) is 0 Å². The third-order valence-electron chi connectivity index (χ3n) is 3.96. The first-order valence-electron chi connectivity index (χ1n) is 8.97. The SMILES string of the molecule is COc1ccc(OCCNc2cc(NCc3ccc(Cl)cc3)nc(C)n2)cc1. The first kappa shape index (κ1) is 19.8. The van der Waals surface area contributed by atoms with Gasteiger partial charge in [-0.25, -0.2) is 9.97 Å². The van der Waals surface area contributed by atoms with E-state index in [1.807, 2.05) is 61.5 Å². The van der Waals surface area contributed by atoms with Crippen molar-refractivity contribution in [3.05, 3.63) is 71.0 Å². The maximum atomic E-state index is 5.92. The molecule has 3 rings (SSSR count). The van der Waals surface area contributed by atoms with Gasteiger partial charge in [0.15, 0.2) is 0 Å². The summed E-state index contributed by atoms with van der Waals surface area (Å²) in [5.41, 5.74) is 1.13. The molecular formula is C21H23ClN4O2. The Hall–Kier alpha value is -2.99. The zero-order valence-electron chi connectivity index (χ0n) is 15.9. The molecule has 0 radical (unpaired) electrons. The topological polar surface area (TPSA) is 68.3 Å². The zero-order chi connectivity index (χ0) is 19.8. The van der Waals surface area contributed by atoms with Crippen LogP contribution in [0.25, 0.3) is 0 Å². The average Bonchev–Trinajstić information content (AvgIpc) is 2.71. The molecule has 0 saturated heterocycles. The maximum Gasteiger partial charge on any atom is 0.132 e. The predicted octanol–water partition coefficient (Wildman–Crippen LogP) is 4.55. The van der Waals surface area contributed by atoms with E-state index in [4.69, 9.17) is 21.1 Å².